The number of amides is 2. The summed E-state index contributed by atoms with van der Waals surface area (Å²) in [5, 5.41) is 0. The summed E-state index contributed by atoms with van der Waals surface area (Å²) in [5.74, 6) is -0.231. The molecule has 3 heterocycles. The average molecular weight is 405 g/mol. The molecule has 1 aromatic rings. The largest absolute Gasteiger partial charge is 0.379 e. The molecule has 3 fully saturated rings. The van der Waals surface area contributed by atoms with Gasteiger partial charge in [-0.15, -0.1) is 0 Å². The lowest BCUT2D eigenvalue weighted by molar-refractivity contribution is -0.139. The van der Waals surface area contributed by atoms with Crippen LogP contribution in [0.15, 0.2) is 24.3 Å². The second kappa shape index (κ2) is 8.77. The van der Waals surface area contributed by atoms with Crippen LogP contribution < -0.4 is 0 Å². The predicted molar refractivity (Wildman–Crippen MR) is 104 cm³/mol. The van der Waals surface area contributed by atoms with Crippen molar-refractivity contribution in [1.29, 1.82) is 0 Å². The Labute approximate surface area is 170 Å². The zero-order valence-corrected chi connectivity index (χ0v) is 16.6. The van der Waals surface area contributed by atoms with Crippen LogP contribution in [-0.4, -0.2) is 91.2 Å². The van der Waals surface area contributed by atoms with E-state index in [1.165, 1.54) is 12.1 Å². The van der Waals surface area contributed by atoms with E-state index in [0.717, 1.165) is 18.7 Å². The maximum absolute atomic E-state index is 13.3. The number of hydrogen-bond acceptors (Lipinski definition) is 5. The number of nitrogens with zero attached hydrogens (tertiary/aromatic N) is 3. The fourth-order valence-electron chi connectivity index (χ4n) is 4.38. The Bertz CT molecular complexity index is 730. The van der Waals surface area contributed by atoms with Gasteiger partial charge in [0.05, 0.1) is 31.9 Å². The summed E-state index contributed by atoms with van der Waals surface area (Å²) >= 11 is 0. The van der Waals surface area contributed by atoms with Crippen molar-refractivity contribution in [3.63, 3.8) is 0 Å². The fraction of sp³-hybridized carbons (Fsp3) is 0.619. The molecule has 0 aromatic heterocycles. The molecule has 1 spiro atoms. The maximum Gasteiger partial charge on any atom is 0.236 e. The van der Waals surface area contributed by atoms with Crippen molar-refractivity contribution in [3.05, 3.63) is 35.6 Å². The summed E-state index contributed by atoms with van der Waals surface area (Å²) in [7, 11) is 0. The first-order valence-corrected chi connectivity index (χ1v) is 10.3. The first kappa shape index (κ1) is 20.3. The topological polar surface area (TPSA) is 62.3 Å². The van der Waals surface area contributed by atoms with Crippen LogP contribution in [0.4, 0.5) is 4.39 Å². The number of halogens is 1. The summed E-state index contributed by atoms with van der Waals surface area (Å²) in [4.78, 5) is 31.8. The van der Waals surface area contributed by atoms with Crippen molar-refractivity contribution in [2.45, 2.75) is 24.9 Å². The second-order valence-electron chi connectivity index (χ2n) is 8.09. The molecule has 3 aliphatic rings. The van der Waals surface area contributed by atoms with E-state index in [0.29, 0.717) is 59.0 Å². The van der Waals surface area contributed by atoms with Gasteiger partial charge in [0, 0.05) is 45.8 Å². The Morgan fingerprint density at radius 1 is 1.07 bits per heavy atom. The molecule has 0 N–H and O–H groups in total. The van der Waals surface area contributed by atoms with Gasteiger partial charge in [0.15, 0.2) is 0 Å². The van der Waals surface area contributed by atoms with E-state index >= 15 is 0 Å². The average Bonchev–Trinajstić information content (AvgIpc) is 3.15. The van der Waals surface area contributed by atoms with E-state index in [4.69, 9.17) is 9.47 Å². The highest BCUT2D eigenvalue weighted by Crippen LogP contribution is 2.32. The van der Waals surface area contributed by atoms with Crippen molar-refractivity contribution in [1.82, 2.24) is 14.7 Å². The number of rotatable bonds is 4. The van der Waals surface area contributed by atoms with Crippen LogP contribution in [0.25, 0.3) is 0 Å². The summed E-state index contributed by atoms with van der Waals surface area (Å²) in [6, 6.07) is 6.23. The summed E-state index contributed by atoms with van der Waals surface area (Å²) < 4.78 is 24.3. The Kier molecular flexibility index (Phi) is 6.12. The molecule has 29 heavy (non-hydrogen) atoms. The molecular weight excluding hydrogens is 377 g/mol. The summed E-state index contributed by atoms with van der Waals surface area (Å²) in [6.07, 6.45) is 0.985. The van der Waals surface area contributed by atoms with Gasteiger partial charge in [-0.1, -0.05) is 12.1 Å². The van der Waals surface area contributed by atoms with Crippen molar-refractivity contribution >= 4 is 11.8 Å². The Balaban J connectivity index is 1.50. The minimum absolute atomic E-state index is 0.0153. The van der Waals surface area contributed by atoms with Gasteiger partial charge in [0.25, 0.3) is 0 Å². The van der Waals surface area contributed by atoms with Gasteiger partial charge in [-0.25, -0.2) is 4.39 Å². The molecule has 7 nitrogen and oxygen atoms in total. The first-order valence-electron chi connectivity index (χ1n) is 10.3. The highest BCUT2D eigenvalue weighted by Gasteiger charge is 2.47. The van der Waals surface area contributed by atoms with Crippen LogP contribution in [0.1, 0.15) is 18.4 Å². The van der Waals surface area contributed by atoms with Crippen LogP contribution in [0.2, 0.25) is 0 Å². The maximum atomic E-state index is 13.3. The SMILES string of the molecule is O=C(CN1CCOCC1)N1CCC(=O)N(Cc2ccc(F)cc2)C2(CCOC2)C1. The van der Waals surface area contributed by atoms with Crippen LogP contribution >= 0.6 is 0 Å². The van der Waals surface area contributed by atoms with Crippen LogP contribution in [0.5, 0.6) is 0 Å². The molecule has 3 saturated heterocycles. The van der Waals surface area contributed by atoms with E-state index in [1.807, 2.05) is 9.80 Å². The lowest BCUT2D eigenvalue weighted by atomic mass is 9.94. The van der Waals surface area contributed by atoms with Crippen molar-refractivity contribution in [2.75, 3.05) is 59.2 Å². The summed E-state index contributed by atoms with van der Waals surface area (Å²) in [5.41, 5.74) is 0.349. The summed E-state index contributed by atoms with van der Waals surface area (Å²) in [6.45, 7) is 5.43. The van der Waals surface area contributed by atoms with E-state index in [2.05, 4.69) is 4.90 Å². The Morgan fingerprint density at radius 2 is 1.83 bits per heavy atom. The van der Waals surface area contributed by atoms with Crippen LogP contribution in [-0.2, 0) is 25.6 Å². The minimum Gasteiger partial charge on any atom is -0.379 e. The van der Waals surface area contributed by atoms with Crippen LogP contribution in [0.3, 0.4) is 0 Å². The van der Waals surface area contributed by atoms with E-state index in [1.54, 1.807) is 12.1 Å². The Morgan fingerprint density at radius 3 is 2.52 bits per heavy atom. The van der Waals surface area contributed by atoms with Crippen molar-refractivity contribution in [2.24, 2.45) is 0 Å². The second-order valence-corrected chi connectivity index (χ2v) is 8.09. The molecule has 0 bridgehead atoms. The zero-order valence-electron chi connectivity index (χ0n) is 16.6. The third-order valence-electron chi connectivity index (χ3n) is 6.11. The lowest BCUT2D eigenvalue weighted by Crippen LogP contribution is -2.57. The number of carbonyl (C=O) groups is 2. The highest BCUT2D eigenvalue weighted by molar-refractivity contribution is 5.82. The molecule has 4 rings (SSSR count). The number of morpholine rings is 1. The number of hydrogen-bond donors (Lipinski definition) is 0. The van der Waals surface area contributed by atoms with E-state index in [-0.39, 0.29) is 24.1 Å². The molecule has 158 valence electrons. The van der Waals surface area contributed by atoms with Gasteiger partial charge in [-0.05, 0) is 24.1 Å². The Hall–Kier alpha value is -2.03. The molecule has 1 atom stereocenters. The smallest absolute Gasteiger partial charge is 0.236 e. The quantitative estimate of drug-likeness (QED) is 0.744. The fourth-order valence-corrected chi connectivity index (χ4v) is 4.38. The van der Waals surface area contributed by atoms with Gasteiger partial charge in [0.1, 0.15) is 5.82 Å². The van der Waals surface area contributed by atoms with Gasteiger partial charge in [-0.2, -0.15) is 0 Å². The van der Waals surface area contributed by atoms with Crippen molar-refractivity contribution in [3.8, 4) is 0 Å². The molecule has 8 heteroatoms. The van der Waals surface area contributed by atoms with Gasteiger partial charge in [-0.3, -0.25) is 14.5 Å². The number of carbonyl (C=O) groups excluding carboxylic acids is 2. The molecule has 2 amide bonds. The molecule has 0 radical (unpaired) electrons. The van der Waals surface area contributed by atoms with E-state index < -0.39 is 5.54 Å². The molecule has 0 aliphatic carbocycles. The molecule has 3 aliphatic heterocycles. The zero-order chi connectivity index (χ0) is 20.3. The van der Waals surface area contributed by atoms with Crippen molar-refractivity contribution < 1.29 is 23.5 Å². The highest BCUT2D eigenvalue weighted by atomic mass is 19.1. The van der Waals surface area contributed by atoms with Gasteiger partial charge < -0.3 is 19.3 Å². The molecule has 0 saturated carbocycles. The standard InChI is InChI=1S/C21H28FN3O4/c22-18-3-1-17(2-4-18)13-25-19(26)5-7-24(15-21(25)6-10-29-16-21)20(27)14-23-8-11-28-12-9-23/h1-4H,5-16H2. The predicted octanol–water partition coefficient (Wildman–Crippen LogP) is 0.878. The molecular formula is C21H28FN3O4. The lowest BCUT2D eigenvalue weighted by Gasteiger charge is -2.41. The number of ether oxygens (including phenoxy) is 2. The monoisotopic (exact) mass is 405 g/mol. The third-order valence-corrected chi connectivity index (χ3v) is 6.11. The normalized spacial score (nSPS) is 26.2. The van der Waals surface area contributed by atoms with Crippen LogP contribution in [0, 0.1) is 5.82 Å². The number of benzene rings is 1. The minimum atomic E-state index is -0.525. The van der Waals surface area contributed by atoms with Gasteiger partial charge in [0.2, 0.25) is 11.8 Å². The molecule has 1 unspecified atom stereocenters. The third kappa shape index (κ3) is 4.60. The first-order chi connectivity index (χ1) is 14.1. The van der Waals surface area contributed by atoms with Gasteiger partial charge >= 0.3 is 0 Å². The molecule has 1 aromatic carbocycles. The van der Waals surface area contributed by atoms with E-state index in [9.17, 15) is 14.0 Å².